The second kappa shape index (κ2) is 6.88. The monoisotopic (exact) mass is 458 g/mol. The first kappa shape index (κ1) is 19.8. The lowest BCUT2D eigenvalue weighted by Gasteiger charge is -2.08. The van der Waals surface area contributed by atoms with Gasteiger partial charge in [0.05, 0.1) is 26.7 Å². The highest BCUT2D eigenvalue weighted by Crippen LogP contribution is 2.65. The van der Waals surface area contributed by atoms with Gasteiger partial charge in [0.15, 0.2) is 5.82 Å². The lowest BCUT2D eigenvalue weighted by Crippen LogP contribution is -2.18. The molecule has 0 bridgehead atoms. The second-order valence-corrected chi connectivity index (χ2v) is 8.38. The molecular weight excluding hydrogens is 451 g/mol. The maximum Gasteiger partial charge on any atom is 0.231 e. The summed E-state index contributed by atoms with van der Waals surface area (Å²) in [5.74, 6) is -4.22. The third-order valence-electron chi connectivity index (χ3n) is 4.09. The number of hydrogen-bond acceptors (Lipinski definition) is 2. The average Bonchev–Trinajstić information content (AvgIpc) is 3.15. The highest BCUT2D eigenvalue weighted by atomic mass is 35.5. The second-order valence-electron chi connectivity index (χ2n) is 5.74. The van der Waals surface area contributed by atoms with Gasteiger partial charge in [-0.25, -0.2) is 8.78 Å². The van der Waals surface area contributed by atoms with Crippen LogP contribution < -0.4 is 11.1 Å². The van der Waals surface area contributed by atoms with E-state index in [1.54, 1.807) is 0 Å². The van der Waals surface area contributed by atoms with Gasteiger partial charge in [0, 0.05) is 5.92 Å². The van der Waals surface area contributed by atoms with E-state index < -0.39 is 39.4 Å². The van der Waals surface area contributed by atoms with E-state index >= 15 is 0 Å². The van der Waals surface area contributed by atoms with Gasteiger partial charge < -0.3 is 11.1 Å². The Morgan fingerprint density at radius 3 is 2.27 bits per heavy atom. The molecule has 0 heterocycles. The number of nitrogens with two attached hydrogens (primary N) is 1. The minimum absolute atomic E-state index is 0.164. The zero-order chi connectivity index (χ0) is 19.4. The summed E-state index contributed by atoms with van der Waals surface area (Å²) in [5.41, 5.74) is 4.80. The Hall–Kier alpha value is -0.980. The topological polar surface area (TPSA) is 55.1 Å². The van der Waals surface area contributed by atoms with Gasteiger partial charge in [-0.1, -0.05) is 34.8 Å². The number of alkyl halides is 2. The van der Waals surface area contributed by atoms with Crippen molar-refractivity contribution in [3.05, 3.63) is 56.5 Å². The van der Waals surface area contributed by atoms with Gasteiger partial charge >= 0.3 is 0 Å². The fraction of sp³-hybridized carbons (Fsp3) is 0.188. The molecule has 1 unspecified atom stereocenters. The number of benzene rings is 2. The molecule has 0 radical (unpaired) electrons. The van der Waals surface area contributed by atoms with Gasteiger partial charge in [0.25, 0.3) is 0 Å². The lowest BCUT2D eigenvalue weighted by molar-refractivity contribution is -0.117. The van der Waals surface area contributed by atoms with Crippen LogP contribution >= 0.6 is 58.0 Å². The smallest absolute Gasteiger partial charge is 0.231 e. The van der Waals surface area contributed by atoms with E-state index in [1.807, 2.05) is 0 Å². The van der Waals surface area contributed by atoms with E-state index in [2.05, 4.69) is 5.32 Å². The van der Waals surface area contributed by atoms with Crippen LogP contribution in [0.25, 0.3) is 0 Å². The van der Waals surface area contributed by atoms with Crippen molar-refractivity contribution in [2.24, 2.45) is 5.92 Å². The number of anilines is 2. The Kier molecular flexibility index (Phi) is 5.23. The molecule has 1 aliphatic rings. The van der Waals surface area contributed by atoms with Gasteiger partial charge in [-0.05, 0) is 29.8 Å². The van der Waals surface area contributed by atoms with Crippen molar-refractivity contribution in [2.45, 2.75) is 10.3 Å². The quantitative estimate of drug-likeness (QED) is 0.334. The van der Waals surface area contributed by atoms with Crippen LogP contribution in [-0.2, 0) is 4.79 Å². The fourth-order valence-corrected chi connectivity index (χ4v) is 4.14. The van der Waals surface area contributed by atoms with Gasteiger partial charge in [-0.3, -0.25) is 4.79 Å². The lowest BCUT2D eigenvalue weighted by atomic mass is 10.1. The molecular formula is C16H9Cl5F2N2O. The van der Waals surface area contributed by atoms with E-state index in [4.69, 9.17) is 63.7 Å². The fourth-order valence-electron chi connectivity index (χ4n) is 2.70. The number of halogens is 7. The third-order valence-corrected chi connectivity index (χ3v) is 6.22. The van der Waals surface area contributed by atoms with E-state index in [0.29, 0.717) is 5.56 Å². The molecule has 2 atom stereocenters. The van der Waals surface area contributed by atoms with Gasteiger partial charge in [-0.15, -0.1) is 23.2 Å². The summed E-state index contributed by atoms with van der Waals surface area (Å²) in [7, 11) is 0. The number of carbonyl (C=O) groups excluding carboxylic acids is 1. The average molecular weight is 461 g/mol. The normalized spacial score (nSPS) is 20.7. The Bertz CT molecular complexity index is 899. The molecule has 3 N–H and O–H groups in total. The highest BCUT2D eigenvalue weighted by molar-refractivity contribution is 6.54. The SMILES string of the molecule is Nc1c(F)ccc(NC(=O)[C@H]2C(c3cc(Cl)c(Cl)c(Cl)c3)C2(Cl)Cl)c1F. The molecule has 1 amide bonds. The van der Waals surface area contributed by atoms with Crippen LogP contribution in [0.1, 0.15) is 11.5 Å². The number of rotatable bonds is 3. The zero-order valence-corrected chi connectivity index (χ0v) is 16.4. The minimum atomic E-state index is -1.45. The first-order valence-corrected chi connectivity index (χ1v) is 9.01. The maximum atomic E-state index is 14.0. The van der Waals surface area contributed by atoms with Crippen LogP contribution in [0.5, 0.6) is 0 Å². The zero-order valence-electron chi connectivity index (χ0n) is 12.6. The standard InChI is InChI=1S/C16H9Cl5F2N2O/c17-6-3-5(4-7(18)12(6)19)10-11(16(10,20)21)15(26)25-9-2-1-8(22)14(24)13(9)23/h1-4,10-11H,24H2,(H,25,26)/t10?,11-/m1/s1. The van der Waals surface area contributed by atoms with E-state index in [-0.39, 0.29) is 20.8 Å². The molecule has 2 aromatic carbocycles. The van der Waals surface area contributed by atoms with Crippen molar-refractivity contribution in [1.82, 2.24) is 0 Å². The van der Waals surface area contributed by atoms with Gasteiger partial charge in [0.2, 0.25) is 5.91 Å². The van der Waals surface area contributed by atoms with Crippen LogP contribution in [-0.4, -0.2) is 10.2 Å². The Morgan fingerprint density at radius 2 is 1.69 bits per heavy atom. The van der Waals surface area contributed by atoms with Crippen molar-refractivity contribution in [1.29, 1.82) is 0 Å². The molecule has 2 aromatic rings. The summed E-state index contributed by atoms with van der Waals surface area (Å²) in [6.07, 6.45) is 0. The Labute approximate surface area is 172 Å². The number of carbonyl (C=O) groups is 1. The summed E-state index contributed by atoms with van der Waals surface area (Å²) in [4.78, 5) is 12.5. The first-order chi connectivity index (χ1) is 12.1. The molecule has 26 heavy (non-hydrogen) atoms. The Morgan fingerprint density at radius 1 is 1.12 bits per heavy atom. The number of nitrogen functional groups attached to an aromatic ring is 1. The van der Waals surface area contributed by atoms with E-state index in [9.17, 15) is 13.6 Å². The summed E-state index contributed by atoms with van der Waals surface area (Å²) in [6.45, 7) is 0. The van der Waals surface area contributed by atoms with E-state index in [1.165, 1.54) is 12.1 Å². The van der Waals surface area contributed by atoms with Gasteiger partial charge in [0.1, 0.15) is 15.8 Å². The van der Waals surface area contributed by atoms with Gasteiger partial charge in [-0.2, -0.15) is 0 Å². The molecule has 1 aliphatic carbocycles. The number of amides is 1. The molecule has 0 aromatic heterocycles. The van der Waals surface area contributed by atoms with Crippen molar-refractivity contribution in [3.8, 4) is 0 Å². The van der Waals surface area contributed by atoms with E-state index in [0.717, 1.165) is 12.1 Å². The van der Waals surface area contributed by atoms with Crippen molar-refractivity contribution >= 4 is 75.3 Å². The largest absolute Gasteiger partial charge is 0.394 e. The van der Waals surface area contributed by atoms with Crippen LogP contribution in [0, 0.1) is 17.6 Å². The molecule has 0 aliphatic heterocycles. The summed E-state index contributed by atoms with van der Waals surface area (Å²) < 4.78 is 25.7. The molecule has 1 saturated carbocycles. The summed E-state index contributed by atoms with van der Waals surface area (Å²) in [5, 5.41) is 2.84. The van der Waals surface area contributed by atoms with Crippen molar-refractivity contribution in [2.75, 3.05) is 11.1 Å². The molecule has 1 fully saturated rings. The Balaban J connectivity index is 1.86. The molecule has 3 nitrogen and oxygen atoms in total. The highest BCUT2D eigenvalue weighted by Gasteiger charge is 2.67. The summed E-state index contributed by atoms with van der Waals surface area (Å²) in [6, 6.07) is 5.00. The third kappa shape index (κ3) is 3.32. The maximum absolute atomic E-state index is 14.0. The van der Waals surface area contributed by atoms with Crippen molar-refractivity contribution < 1.29 is 13.6 Å². The molecule has 3 rings (SSSR count). The number of nitrogens with one attached hydrogen (secondary N) is 1. The summed E-state index contributed by atoms with van der Waals surface area (Å²) >= 11 is 30.3. The van der Waals surface area contributed by atoms with Crippen LogP contribution in [0.3, 0.4) is 0 Å². The van der Waals surface area contributed by atoms with Crippen LogP contribution in [0.4, 0.5) is 20.2 Å². The molecule has 138 valence electrons. The molecule has 0 saturated heterocycles. The predicted octanol–water partition coefficient (Wildman–Crippen LogP) is 6.03. The van der Waals surface area contributed by atoms with Crippen molar-refractivity contribution in [3.63, 3.8) is 0 Å². The van der Waals surface area contributed by atoms with Crippen LogP contribution in [0.15, 0.2) is 24.3 Å². The van der Waals surface area contributed by atoms with Crippen LogP contribution in [0.2, 0.25) is 15.1 Å². The first-order valence-electron chi connectivity index (χ1n) is 7.12. The molecule has 0 spiro atoms. The predicted molar refractivity (Wildman–Crippen MR) is 102 cm³/mol. The molecule has 10 heteroatoms. The minimum Gasteiger partial charge on any atom is -0.394 e. The number of hydrogen-bond donors (Lipinski definition) is 2.